The van der Waals surface area contributed by atoms with Crippen molar-refractivity contribution in [2.75, 3.05) is 11.4 Å². The zero-order chi connectivity index (χ0) is 18.4. The van der Waals surface area contributed by atoms with E-state index in [-0.39, 0.29) is 29.3 Å². The average molecular weight is 347 g/mol. The second-order valence-electron chi connectivity index (χ2n) is 6.07. The van der Waals surface area contributed by atoms with E-state index in [1.165, 1.54) is 12.1 Å². The molecule has 0 radical (unpaired) electrons. The second-order valence-corrected chi connectivity index (χ2v) is 6.07. The van der Waals surface area contributed by atoms with Gasteiger partial charge in [-0.1, -0.05) is 17.9 Å². The molecule has 3 aromatic rings. The van der Waals surface area contributed by atoms with E-state index >= 15 is 0 Å². The fourth-order valence-corrected chi connectivity index (χ4v) is 3.17. The highest BCUT2D eigenvalue weighted by molar-refractivity contribution is 6.30. The maximum atomic E-state index is 12.6. The minimum atomic E-state index is -1.02. The Bertz CT molecular complexity index is 1080. The molecule has 0 saturated heterocycles. The molecule has 0 spiro atoms. The molecule has 0 amide bonds. The van der Waals surface area contributed by atoms with Crippen LogP contribution in [0.2, 0.25) is 0 Å². The van der Waals surface area contributed by atoms with Crippen molar-refractivity contribution >= 4 is 34.1 Å². The number of nitrogens with zero attached hydrogens (tertiary/aromatic N) is 3. The van der Waals surface area contributed by atoms with Gasteiger partial charge >= 0.3 is 5.97 Å². The molecule has 0 atom stereocenters. The van der Waals surface area contributed by atoms with Crippen LogP contribution in [0.3, 0.4) is 0 Å². The van der Waals surface area contributed by atoms with Crippen molar-refractivity contribution in [3.63, 3.8) is 0 Å². The second kappa shape index (κ2) is 5.73. The average Bonchev–Trinajstić information content (AvgIpc) is 3.11. The van der Waals surface area contributed by atoms with E-state index in [1.807, 2.05) is 35.9 Å². The molecule has 130 valence electrons. The van der Waals surface area contributed by atoms with Crippen molar-refractivity contribution in [2.45, 2.75) is 0 Å². The molecule has 26 heavy (non-hydrogen) atoms. The molecule has 1 aromatic heterocycles. The number of hydrogen-bond acceptors (Lipinski definition) is 4. The summed E-state index contributed by atoms with van der Waals surface area (Å²) in [5.41, 5.74) is 2.68. The number of hydrogen-bond donors (Lipinski definition) is 2. The number of carbonyl (C=O) groups is 1. The quantitative estimate of drug-likeness (QED) is 0.752. The molecule has 2 heterocycles. The van der Waals surface area contributed by atoms with Crippen LogP contribution < -0.4 is 10.0 Å². The molecule has 7 heteroatoms. The number of carboxylic acids is 1. The predicted octanol–water partition coefficient (Wildman–Crippen LogP) is 1.84. The van der Waals surface area contributed by atoms with Crippen LogP contribution in [0.15, 0.2) is 54.3 Å². The lowest BCUT2D eigenvalue weighted by Gasteiger charge is -2.20. The molecule has 0 saturated carbocycles. The number of aromatic carboxylic acids is 1. The van der Waals surface area contributed by atoms with Crippen molar-refractivity contribution in [3.05, 3.63) is 65.7 Å². The Hall–Kier alpha value is -3.61. The molecule has 2 N–H and O–H groups in total. The highest BCUT2D eigenvalue weighted by Gasteiger charge is 2.28. The summed E-state index contributed by atoms with van der Waals surface area (Å²) in [6.45, 7) is 0.0315. The third-order valence-electron chi connectivity index (χ3n) is 4.52. The molecular formula is C19H15N4O3-. The topological polar surface area (TPSA) is 105 Å². The minimum Gasteiger partial charge on any atom is -0.874 e. The first-order chi connectivity index (χ1) is 12.5. The standard InChI is InChI=1S/C19H16N4O3/c1-22-14-5-3-2-4-13(14)21-18(22)16-15(24)10-23(17(16)20)12-8-6-11(7-9-12)19(25)26/h2-9,20,24H,10H2,1H3,(H,25,26)/p-1. The number of anilines is 1. The van der Waals surface area contributed by atoms with Crippen LogP contribution in [-0.4, -0.2) is 33.0 Å². The number of benzene rings is 2. The maximum Gasteiger partial charge on any atom is 0.335 e. The van der Waals surface area contributed by atoms with Gasteiger partial charge in [-0.2, -0.15) is 0 Å². The lowest BCUT2D eigenvalue weighted by Crippen LogP contribution is -2.27. The number of amidine groups is 1. The van der Waals surface area contributed by atoms with Crippen LogP contribution >= 0.6 is 0 Å². The first-order valence-electron chi connectivity index (χ1n) is 7.99. The zero-order valence-electron chi connectivity index (χ0n) is 13.9. The number of fused-ring (bicyclic) bond motifs is 1. The van der Waals surface area contributed by atoms with Crippen molar-refractivity contribution < 1.29 is 15.0 Å². The largest absolute Gasteiger partial charge is 0.874 e. The van der Waals surface area contributed by atoms with E-state index in [4.69, 9.17) is 10.5 Å². The van der Waals surface area contributed by atoms with Crippen LogP contribution in [0.4, 0.5) is 5.69 Å². The van der Waals surface area contributed by atoms with E-state index < -0.39 is 5.97 Å². The van der Waals surface area contributed by atoms with Gasteiger partial charge < -0.3 is 19.7 Å². The van der Waals surface area contributed by atoms with Gasteiger partial charge in [0.2, 0.25) is 0 Å². The summed E-state index contributed by atoms with van der Waals surface area (Å²) in [7, 11) is 1.82. The lowest BCUT2D eigenvalue weighted by atomic mass is 10.2. The smallest absolute Gasteiger partial charge is 0.335 e. The molecule has 0 aliphatic carbocycles. The Kier molecular flexibility index (Phi) is 3.50. The highest BCUT2D eigenvalue weighted by atomic mass is 16.4. The molecule has 0 unspecified atom stereocenters. The fourth-order valence-electron chi connectivity index (χ4n) is 3.17. The van der Waals surface area contributed by atoms with E-state index in [2.05, 4.69) is 4.98 Å². The van der Waals surface area contributed by atoms with Crippen LogP contribution in [0.5, 0.6) is 0 Å². The summed E-state index contributed by atoms with van der Waals surface area (Å²) in [6, 6.07) is 13.7. The Morgan fingerprint density at radius 1 is 1.19 bits per heavy atom. The van der Waals surface area contributed by atoms with Gasteiger partial charge in [0.25, 0.3) is 0 Å². The lowest BCUT2D eigenvalue weighted by molar-refractivity contribution is -0.300. The van der Waals surface area contributed by atoms with Gasteiger partial charge in [0, 0.05) is 24.9 Å². The number of rotatable bonds is 3. The molecule has 2 aromatic carbocycles. The monoisotopic (exact) mass is 347 g/mol. The number of carboxylic acid groups (broad SMARTS) is 1. The summed E-state index contributed by atoms with van der Waals surface area (Å²) in [5, 5.41) is 30.1. The molecular weight excluding hydrogens is 332 g/mol. The summed E-state index contributed by atoms with van der Waals surface area (Å²) >= 11 is 0. The van der Waals surface area contributed by atoms with E-state index in [1.54, 1.807) is 17.0 Å². The van der Waals surface area contributed by atoms with Gasteiger partial charge in [-0.05, 0) is 36.4 Å². The first-order valence-corrected chi connectivity index (χ1v) is 7.99. The summed E-state index contributed by atoms with van der Waals surface area (Å²) < 4.78 is 1.81. The molecule has 0 fully saturated rings. The van der Waals surface area contributed by atoms with Gasteiger partial charge in [0.05, 0.1) is 16.6 Å². The Morgan fingerprint density at radius 3 is 2.54 bits per heavy atom. The fraction of sp³-hybridized carbons (Fsp3) is 0.105. The zero-order valence-corrected chi connectivity index (χ0v) is 13.9. The van der Waals surface area contributed by atoms with Gasteiger partial charge in [0.1, 0.15) is 11.7 Å². The van der Waals surface area contributed by atoms with Gasteiger partial charge in [-0.15, -0.1) is 0 Å². The molecule has 1 aliphatic heterocycles. The molecule has 4 rings (SSSR count). The maximum absolute atomic E-state index is 12.6. The number of nitrogens with one attached hydrogen (secondary N) is 1. The normalized spacial score (nSPS) is 14.5. The van der Waals surface area contributed by atoms with Crippen molar-refractivity contribution in [3.8, 4) is 0 Å². The molecule has 7 nitrogen and oxygen atoms in total. The minimum absolute atomic E-state index is 0.0315. The number of para-hydroxylation sites is 2. The van der Waals surface area contributed by atoms with Crippen molar-refractivity contribution in [1.29, 1.82) is 5.41 Å². The summed E-state index contributed by atoms with van der Waals surface area (Å²) in [6.07, 6.45) is 0. The highest BCUT2D eigenvalue weighted by Crippen LogP contribution is 2.31. The SMILES string of the molecule is Cn1c(C2=C([O-])CN(c3ccc(C(=O)O)cc3)C2=N)nc2ccccc21. The first kappa shape index (κ1) is 15.9. The number of imidazole rings is 1. The van der Waals surface area contributed by atoms with Gasteiger partial charge in [-0.3, -0.25) is 5.41 Å². The van der Waals surface area contributed by atoms with E-state index in [9.17, 15) is 9.90 Å². The third kappa shape index (κ3) is 2.33. The van der Waals surface area contributed by atoms with Gasteiger partial charge in [0.15, 0.2) is 0 Å². The Morgan fingerprint density at radius 2 is 1.88 bits per heavy atom. The van der Waals surface area contributed by atoms with Crippen LogP contribution in [-0.2, 0) is 7.05 Å². The van der Waals surface area contributed by atoms with E-state index in [0.29, 0.717) is 11.5 Å². The van der Waals surface area contributed by atoms with Gasteiger partial charge in [-0.25, -0.2) is 9.78 Å². The van der Waals surface area contributed by atoms with Crippen molar-refractivity contribution in [1.82, 2.24) is 9.55 Å². The predicted molar refractivity (Wildman–Crippen MR) is 96.1 cm³/mol. The van der Waals surface area contributed by atoms with Crippen LogP contribution in [0.1, 0.15) is 16.2 Å². The van der Waals surface area contributed by atoms with E-state index in [0.717, 1.165) is 11.0 Å². The Labute approximate surface area is 148 Å². The Balaban J connectivity index is 1.72. The van der Waals surface area contributed by atoms with Crippen LogP contribution in [0, 0.1) is 5.41 Å². The molecule has 1 aliphatic rings. The summed E-state index contributed by atoms with van der Waals surface area (Å²) in [5.74, 6) is -0.672. The third-order valence-corrected chi connectivity index (χ3v) is 4.52. The van der Waals surface area contributed by atoms with Crippen molar-refractivity contribution in [2.24, 2.45) is 7.05 Å². The van der Waals surface area contributed by atoms with Crippen LogP contribution in [0.25, 0.3) is 16.6 Å². The molecule has 0 bridgehead atoms. The summed E-state index contributed by atoms with van der Waals surface area (Å²) in [4.78, 5) is 17.1. The number of aryl methyl sites for hydroxylation is 1. The number of aromatic nitrogens is 2.